The first-order valence-electron chi connectivity index (χ1n) is 13.3. The summed E-state index contributed by atoms with van der Waals surface area (Å²) in [4.78, 5) is 17.1. The highest BCUT2D eigenvalue weighted by molar-refractivity contribution is 5.61. The van der Waals surface area contributed by atoms with Crippen LogP contribution in [0.1, 0.15) is 42.5 Å². The van der Waals surface area contributed by atoms with Crippen molar-refractivity contribution in [1.29, 1.82) is 0 Å². The molecular weight excluding hydrogens is 452 g/mol. The van der Waals surface area contributed by atoms with Crippen LogP contribution in [0.15, 0.2) is 18.2 Å². The number of piperazine rings is 1. The van der Waals surface area contributed by atoms with Gasteiger partial charge in [0.15, 0.2) is 0 Å². The third-order valence-corrected chi connectivity index (χ3v) is 8.32. The number of hydrogen-bond donors (Lipinski definition) is 2. The average Bonchev–Trinajstić information content (AvgIpc) is 3.46. The van der Waals surface area contributed by atoms with Crippen molar-refractivity contribution in [3.8, 4) is 24.1 Å². The molecule has 4 aliphatic heterocycles. The van der Waals surface area contributed by atoms with Gasteiger partial charge in [0, 0.05) is 61.5 Å². The molecule has 36 heavy (non-hydrogen) atoms. The monoisotopic (exact) mass is 488 g/mol. The molecule has 190 valence electrons. The summed E-state index contributed by atoms with van der Waals surface area (Å²) in [6.45, 7) is 5.17. The van der Waals surface area contributed by atoms with Crippen molar-refractivity contribution in [3.63, 3.8) is 0 Å². The number of phenolic OH excluding ortho intramolecular Hbond substituents is 1. The van der Waals surface area contributed by atoms with Gasteiger partial charge < -0.3 is 29.9 Å². The van der Waals surface area contributed by atoms with Crippen LogP contribution in [0.5, 0.6) is 11.8 Å². The molecule has 2 N–H and O–H groups in total. The molecule has 1 aromatic carbocycles. The molecule has 8 heteroatoms. The summed E-state index contributed by atoms with van der Waals surface area (Å²) < 4.78 is 6.26. The van der Waals surface area contributed by atoms with Gasteiger partial charge in [-0.05, 0) is 57.3 Å². The van der Waals surface area contributed by atoms with Gasteiger partial charge in [0.05, 0.1) is 12.2 Å². The van der Waals surface area contributed by atoms with E-state index in [1.807, 2.05) is 12.1 Å². The van der Waals surface area contributed by atoms with Gasteiger partial charge >= 0.3 is 6.01 Å². The molecule has 3 atom stereocenters. The zero-order chi connectivity index (χ0) is 24.6. The fourth-order valence-corrected chi connectivity index (χ4v) is 6.36. The fourth-order valence-electron chi connectivity index (χ4n) is 6.36. The number of fused-ring (bicyclic) bond motifs is 3. The van der Waals surface area contributed by atoms with E-state index in [1.165, 1.54) is 24.8 Å². The smallest absolute Gasteiger partial charge is 0.318 e. The summed E-state index contributed by atoms with van der Waals surface area (Å²) in [5, 5.41) is 13.9. The standard InChI is InChI=1S/C28H36N6O2/c1-3-5-19-7-10-23(35)14-26(19)33-13-11-24-25(17-33)30-28(36-18-22-6-4-12-32(22)2)31-27(24)34-15-20-8-9-21(16-34)29-20/h1,7,10,14,20-22,29,35H,4-6,8-9,11-13,15-18H2,2H3/t20?,21?,22-/m0/s1. The van der Waals surface area contributed by atoms with Crippen molar-refractivity contribution in [3.05, 3.63) is 35.0 Å². The number of hydrogen-bond acceptors (Lipinski definition) is 8. The molecule has 5 heterocycles. The van der Waals surface area contributed by atoms with Crippen molar-refractivity contribution < 1.29 is 9.84 Å². The number of rotatable bonds is 6. The molecule has 3 saturated heterocycles. The summed E-state index contributed by atoms with van der Waals surface area (Å²) >= 11 is 0. The lowest BCUT2D eigenvalue weighted by Gasteiger charge is -2.37. The van der Waals surface area contributed by atoms with Crippen LogP contribution in [-0.2, 0) is 19.4 Å². The SMILES string of the molecule is C#CCc1ccc(O)cc1N1CCc2c(nc(OC[C@@H]3CCCN3C)nc2N2CC3CCC(C2)N3)C1. The Labute approximate surface area is 213 Å². The van der Waals surface area contributed by atoms with E-state index < -0.39 is 0 Å². The van der Waals surface area contributed by atoms with Crippen molar-refractivity contribution in [2.45, 2.75) is 63.2 Å². The van der Waals surface area contributed by atoms with Crippen LogP contribution in [0, 0.1) is 12.3 Å². The Morgan fingerprint density at radius 2 is 1.97 bits per heavy atom. The van der Waals surface area contributed by atoms with Crippen LogP contribution in [0.25, 0.3) is 0 Å². The first-order valence-corrected chi connectivity index (χ1v) is 13.3. The molecule has 1 aromatic heterocycles. The number of ether oxygens (including phenoxy) is 1. The van der Waals surface area contributed by atoms with E-state index in [0.717, 1.165) is 61.8 Å². The second kappa shape index (κ2) is 9.79. The van der Waals surface area contributed by atoms with Crippen molar-refractivity contribution >= 4 is 11.5 Å². The van der Waals surface area contributed by atoms with Gasteiger partial charge in [-0.25, -0.2) is 0 Å². The minimum absolute atomic E-state index is 0.251. The minimum atomic E-state index is 0.251. The lowest BCUT2D eigenvalue weighted by molar-refractivity contribution is 0.187. The maximum Gasteiger partial charge on any atom is 0.318 e. The third kappa shape index (κ3) is 4.58. The second-order valence-corrected chi connectivity index (χ2v) is 10.8. The molecule has 0 saturated carbocycles. The van der Waals surface area contributed by atoms with E-state index >= 15 is 0 Å². The summed E-state index contributed by atoms with van der Waals surface area (Å²) in [5.74, 6) is 4.05. The van der Waals surface area contributed by atoms with Gasteiger partial charge in [0.25, 0.3) is 0 Å². The largest absolute Gasteiger partial charge is 0.508 e. The van der Waals surface area contributed by atoms with Gasteiger partial charge in [-0.3, -0.25) is 0 Å². The zero-order valence-corrected chi connectivity index (χ0v) is 21.1. The maximum absolute atomic E-state index is 10.2. The molecule has 2 bridgehead atoms. The molecule has 0 aliphatic carbocycles. The molecular formula is C28H36N6O2. The quantitative estimate of drug-likeness (QED) is 0.600. The predicted octanol–water partition coefficient (Wildman–Crippen LogP) is 2.33. The van der Waals surface area contributed by atoms with Crippen LogP contribution < -0.4 is 19.9 Å². The van der Waals surface area contributed by atoms with E-state index in [0.29, 0.717) is 43.7 Å². The Morgan fingerprint density at radius 3 is 2.72 bits per heavy atom. The van der Waals surface area contributed by atoms with Crippen molar-refractivity contribution in [1.82, 2.24) is 20.2 Å². The number of benzene rings is 1. The molecule has 0 radical (unpaired) electrons. The molecule has 0 spiro atoms. The van der Waals surface area contributed by atoms with Crippen molar-refractivity contribution in [2.24, 2.45) is 0 Å². The van der Waals surface area contributed by atoms with Crippen LogP contribution in [0.4, 0.5) is 11.5 Å². The first-order chi connectivity index (χ1) is 17.6. The number of likely N-dealkylation sites (N-methyl/N-ethyl adjacent to an activating group) is 1. The Morgan fingerprint density at radius 1 is 1.14 bits per heavy atom. The predicted molar refractivity (Wildman–Crippen MR) is 141 cm³/mol. The van der Waals surface area contributed by atoms with Gasteiger partial charge in [-0.15, -0.1) is 12.3 Å². The first kappa shape index (κ1) is 23.4. The Balaban J connectivity index is 1.31. The summed E-state index contributed by atoms with van der Waals surface area (Å²) in [6.07, 6.45) is 11.8. The number of terminal acetylenes is 1. The van der Waals surface area contributed by atoms with Crippen LogP contribution in [-0.4, -0.2) is 77.9 Å². The minimum Gasteiger partial charge on any atom is -0.508 e. The Hall–Kier alpha value is -3.02. The highest BCUT2D eigenvalue weighted by atomic mass is 16.5. The highest BCUT2D eigenvalue weighted by Crippen LogP contribution is 2.35. The summed E-state index contributed by atoms with van der Waals surface area (Å²) in [7, 11) is 2.16. The van der Waals surface area contributed by atoms with Gasteiger partial charge in [0.1, 0.15) is 18.2 Å². The molecule has 4 aliphatic rings. The van der Waals surface area contributed by atoms with E-state index in [4.69, 9.17) is 21.1 Å². The number of anilines is 2. The normalized spacial score (nSPS) is 25.6. The van der Waals surface area contributed by atoms with Crippen LogP contribution in [0.3, 0.4) is 0 Å². The van der Waals surface area contributed by atoms with Crippen molar-refractivity contribution in [2.75, 3.05) is 49.6 Å². The van der Waals surface area contributed by atoms with Crippen LogP contribution >= 0.6 is 0 Å². The fraction of sp³-hybridized carbons (Fsp3) is 0.571. The number of aromatic nitrogens is 2. The van der Waals surface area contributed by atoms with Crippen LogP contribution in [0.2, 0.25) is 0 Å². The summed E-state index contributed by atoms with van der Waals surface area (Å²) in [5.41, 5.74) is 4.28. The maximum atomic E-state index is 10.2. The number of aromatic hydroxyl groups is 1. The van der Waals surface area contributed by atoms with E-state index in [1.54, 1.807) is 6.07 Å². The molecule has 2 aromatic rings. The highest BCUT2D eigenvalue weighted by Gasteiger charge is 2.35. The van der Waals surface area contributed by atoms with Gasteiger partial charge in [-0.1, -0.05) is 6.07 Å². The lowest BCUT2D eigenvalue weighted by Crippen LogP contribution is -2.52. The molecule has 3 fully saturated rings. The lowest BCUT2D eigenvalue weighted by atomic mass is 10.0. The third-order valence-electron chi connectivity index (χ3n) is 8.32. The number of nitrogens with zero attached hydrogens (tertiary/aromatic N) is 5. The summed E-state index contributed by atoms with van der Waals surface area (Å²) in [6, 6.07) is 7.42. The van der Waals surface area contributed by atoms with E-state index in [-0.39, 0.29) is 5.75 Å². The van der Waals surface area contributed by atoms with Gasteiger partial charge in [0.2, 0.25) is 0 Å². The molecule has 8 nitrogen and oxygen atoms in total. The Bertz CT molecular complexity index is 1150. The number of likely N-dealkylation sites (tertiary alicyclic amines) is 1. The van der Waals surface area contributed by atoms with Gasteiger partial charge in [-0.2, -0.15) is 9.97 Å². The topological polar surface area (TPSA) is 77.0 Å². The van der Waals surface area contributed by atoms with E-state index in [9.17, 15) is 5.11 Å². The number of phenols is 1. The molecule has 0 amide bonds. The Kier molecular flexibility index (Phi) is 6.36. The van der Waals surface area contributed by atoms with E-state index in [2.05, 4.69) is 33.0 Å². The average molecular weight is 489 g/mol. The molecule has 6 rings (SSSR count). The zero-order valence-electron chi connectivity index (χ0n) is 21.1. The molecule has 2 unspecified atom stereocenters. The second-order valence-electron chi connectivity index (χ2n) is 10.8. The number of nitrogens with one attached hydrogen (secondary N) is 1.